The van der Waals surface area contributed by atoms with Crippen LogP contribution in [0, 0.1) is 18.8 Å². The van der Waals surface area contributed by atoms with Crippen LogP contribution < -0.4 is 15.5 Å². The highest BCUT2D eigenvalue weighted by Gasteiger charge is 2.21. The third-order valence-corrected chi connectivity index (χ3v) is 6.65. The molecule has 38 heavy (non-hydrogen) atoms. The first-order valence-electron chi connectivity index (χ1n) is 13.0. The monoisotopic (exact) mass is 508 g/mol. The van der Waals surface area contributed by atoms with Crippen molar-refractivity contribution in [2.24, 2.45) is 0 Å². The molecule has 1 aliphatic rings. The lowest BCUT2D eigenvalue weighted by Gasteiger charge is -2.34. The number of hydrogen-bond acceptors (Lipinski definition) is 7. The quantitative estimate of drug-likeness (QED) is 0.380. The maximum atomic E-state index is 12.5. The van der Waals surface area contributed by atoms with Gasteiger partial charge in [0.15, 0.2) is 17.0 Å². The molecule has 2 aromatic heterocycles. The van der Waals surface area contributed by atoms with E-state index in [1.807, 2.05) is 60.0 Å². The number of aromatic nitrogens is 4. The third kappa shape index (κ3) is 5.76. The third-order valence-electron chi connectivity index (χ3n) is 6.65. The normalized spacial score (nSPS) is 13.7. The molecule has 0 radical (unpaired) electrons. The fraction of sp³-hybridized carbons (Fsp3) is 0.310. The summed E-state index contributed by atoms with van der Waals surface area (Å²) in [4.78, 5) is 31.4. The van der Waals surface area contributed by atoms with Gasteiger partial charge in [0.2, 0.25) is 5.95 Å². The summed E-state index contributed by atoms with van der Waals surface area (Å²) in [6, 6.07) is 15.2. The van der Waals surface area contributed by atoms with Gasteiger partial charge in [-0.05, 0) is 50.7 Å². The zero-order chi connectivity index (χ0) is 26.5. The summed E-state index contributed by atoms with van der Waals surface area (Å²) in [6.07, 6.45) is 1.80. The Morgan fingerprint density at radius 3 is 2.47 bits per heavy atom. The molecular weight excluding hydrogens is 476 g/mol. The van der Waals surface area contributed by atoms with Crippen LogP contribution in [-0.2, 0) is 11.3 Å². The number of amides is 1. The van der Waals surface area contributed by atoms with Gasteiger partial charge in [0.25, 0.3) is 0 Å². The van der Waals surface area contributed by atoms with Crippen molar-refractivity contribution in [1.82, 2.24) is 24.4 Å². The number of likely N-dealkylation sites (N-methyl/N-ethyl adjacent to an activating group) is 1. The summed E-state index contributed by atoms with van der Waals surface area (Å²) in [7, 11) is 0. The van der Waals surface area contributed by atoms with Crippen LogP contribution in [0.4, 0.5) is 23.1 Å². The van der Waals surface area contributed by atoms with Gasteiger partial charge in [-0.3, -0.25) is 4.79 Å². The van der Waals surface area contributed by atoms with E-state index in [0.29, 0.717) is 23.0 Å². The number of anilines is 4. The molecule has 0 spiro atoms. The molecule has 2 N–H and O–H groups in total. The molecule has 194 valence electrons. The predicted molar refractivity (Wildman–Crippen MR) is 152 cm³/mol. The molecule has 0 saturated carbocycles. The Hall–Kier alpha value is -4.42. The summed E-state index contributed by atoms with van der Waals surface area (Å²) in [5.74, 6) is 6.52. The van der Waals surface area contributed by atoms with Gasteiger partial charge in [0.05, 0.1) is 6.33 Å². The van der Waals surface area contributed by atoms with Gasteiger partial charge < -0.3 is 25.0 Å². The van der Waals surface area contributed by atoms with E-state index < -0.39 is 0 Å². The number of imidazole rings is 1. The number of carbonyl (C=O) groups is 1. The number of hydrogen-bond donors (Lipinski definition) is 2. The number of aryl methyl sites for hydroxylation is 2. The molecule has 9 heteroatoms. The van der Waals surface area contributed by atoms with Crippen molar-refractivity contribution < 1.29 is 4.79 Å². The van der Waals surface area contributed by atoms with Gasteiger partial charge in [-0.25, -0.2) is 4.98 Å². The van der Waals surface area contributed by atoms with Gasteiger partial charge in [-0.15, -0.1) is 0 Å². The molecule has 0 unspecified atom stereocenters. The fourth-order valence-corrected chi connectivity index (χ4v) is 4.40. The number of benzene rings is 2. The van der Waals surface area contributed by atoms with E-state index in [1.54, 1.807) is 6.33 Å². The number of rotatable bonds is 6. The molecule has 0 atom stereocenters. The van der Waals surface area contributed by atoms with Crippen molar-refractivity contribution in [3.8, 4) is 11.8 Å². The van der Waals surface area contributed by atoms with Crippen LogP contribution >= 0.6 is 0 Å². The van der Waals surface area contributed by atoms with Crippen LogP contribution in [-0.4, -0.2) is 63.0 Å². The molecule has 0 bridgehead atoms. The molecule has 1 saturated heterocycles. The minimum Gasteiger partial charge on any atom is -0.338 e. The number of piperazine rings is 1. The molecule has 1 fully saturated rings. The average Bonchev–Trinajstić information content (AvgIpc) is 3.36. The lowest BCUT2D eigenvalue weighted by Crippen LogP contribution is -2.46. The van der Waals surface area contributed by atoms with Crippen molar-refractivity contribution >= 4 is 40.2 Å². The minimum atomic E-state index is -0.373. The molecule has 0 aliphatic carbocycles. The second-order valence-electron chi connectivity index (χ2n) is 9.27. The zero-order valence-corrected chi connectivity index (χ0v) is 22.0. The largest absolute Gasteiger partial charge is 0.338 e. The maximum Gasteiger partial charge on any atom is 0.300 e. The number of nitrogens with zero attached hydrogens (tertiary/aromatic N) is 6. The van der Waals surface area contributed by atoms with Crippen LogP contribution in [0.3, 0.4) is 0 Å². The Balaban J connectivity index is 1.36. The van der Waals surface area contributed by atoms with Gasteiger partial charge in [-0.1, -0.05) is 36.6 Å². The lowest BCUT2D eigenvalue weighted by atomic mass is 10.1. The van der Waals surface area contributed by atoms with Gasteiger partial charge >= 0.3 is 5.91 Å². The highest BCUT2D eigenvalue weighted by Crippen LogP contribution is 2.27. The standard InChI is InChI=1S/C29H32N8O/c1-4-35-15-17-37(18-16-35)29-33-27(26-28(34-29)36(5-2)20-30-26)32-24-8-6-7-23(19-24)31-25(38)14-13-22-11-9-21(3)10-12-22/h6-12,19-20H,4-5,15-18H2,1-3H3,(H,31,38)(H,32,33,34). The van der Waals surface area contributed by atoms with Crippen molar-refractivity contribution in [1.29, 1.82) is 0 Å². The van der Waals surface area contributed by atoms with Crippen molar-refractivity contribution in [3.63, 3.8) is 0 Å². The van der Waals surface area contributed by atoms with Crippen molar-refractivity contribution in [2.45, 2.75) is 27.3 Å². The number of carbonyl (C=O) groups excluding carboxylic acids is 1. The first-order chi connectivity index (χ1) is 18.5. The smallest absolute Gasteiger partial charge is 0.300 e. The molecule has 5 rings (SSSR count). The van der Waals surface area contributed by atoms with Gasteiger partial charge in [-0.2, -0.15) is 9.97 Å². The highest BCUT2D eigenvalue weighted by molar-refractivity contribution is 6.04. The van der Waals surface area contributed by atoms with E-state index in [0.717, 1.165) is 61.7 Å². The molecule has 1 aliphatic heterocycles. The lowest BCUT2D eigenvalue weighted by molar-refractivity contribution is -0.111. The van der Waals surface area contributed by atoms with Crippen molar-refractivity contribution in [3.05, 3.63) is 66.0 Å². The topological polar surface area (TPSA) is 91.2 Å². The highest BCUT2D eigenvalue weighted by atomic mass is 16.1. The van der Waals surface area contributed by atoms with Crippen LogP contribution in [0.1, 0.15) is 25.0 Å². The summed E-state index contributed by atoms with van der Waals surface area (Å²) in [5.41, 5.74) is 4.88. The molecule has 1 amide bonds. The minimum absolute atomic E-state index is 0.373. The Labute approximate surface area is 222 Å². The van der Waals surface area contributed by atoms with E-state index in [-0.39, 0.29) is 5.91 Å². The second-order valence-corrected chi connectivity index (χ2v) is 9.27. The van der Waals surface area contributed by atoms with E-state index in [9.17, 15) is 4.79 Å². The molecule has 9 nitrogen and oxygen atoms in total. The first-order valence-corrected chi connectivity index (χ1v) is 13.0. The van der Waals surface area contributed by atoms with E-state index in [2.05, 4.69) is 51.1 Å². The van der Waals surface area contributed by atoms with Crippen molar-refractivity contribution in [2.75, 3.05) is 48.3 Å². The van der Waals surface area contributed by atoms with Crippen LogP contribution in [0.2, 0.25) is 0 Å². The molecule has 3 heterocycles. The van der Waals surface area contributed by atoms with E-state index in [1.165, 1.54) is 0 Å². The molecular formula is C29H32N8O. The Morgan fingerprint density at radius 1 is 0.974 bits per heavy atom. The summed E-state index contributed by atoms with van der Waals surface area (Å²) in [6.45, 7) is 11.8. The Kier molecular flexibility index (Phi) is 7.52. The van der Waals surface area contributed by atoms with Gasteiger partial charge in [0.1, 0.15) is 0 Å². The summed E-state index contributed by atoms with van der Waals surface area (Å²) in [5, 5.41) is 6.26. The molecule has 2 aromatic carbocycles. The first kappa shape index (κ1) is 25.2. The number of fused-ring (bicyclic) bond motifs is 1. The fourth-order valence-electron chi connectivity index (χ4n) is 4.40. The van der Waals surface area contributed by atoms with Crippen LogP contribution in [0.25, 0.3) is 11.2 Å². The van der Waals surface area contributed by atoms with Crippen LogP contribution in [0.15, 0.2) is 54.9 Å². The zero-order valence-electron chi connectivity index (χ0n) is 22.0. The predicted octanol–water partition coefficient (Wildman–Crippen LogP) is 4.03. The Morgan fingerprint density at radius 2 is 1.74 bits per heavy atom. The number of nitrogens with one attached hydrogen (secondary N) is 2. The second kappa shape index (κ2) is 11.3. The van der Waals surface area contributed by atoms with Gasteiger partial charge in [0, 0.05) is 55.6 Å². The SMILES string of the molecule is CCN1CCN(c2nc(Nc3cccc(NC(=O)C#Cc4ccc(C)cc4)c3)c3ncn(CC)c3n2)CC1. The van der Waals surface area contributed by atoms with Crippen LogP contribution in [0.5, 0.6) is 0 Å². The van der Waals surface area contributed by atoms with E-state index in [4.69, 9.17) is 9.97 Å². The van der Waals surface area contributed by atoms with E-state index >= 15 is 0 Å². The maximum absolute atomic E-state index is 12.5. The Bertz CT molecular complexity index is 1490. The average molecular weight is 509 g/mol. The molecule has 4 aromatic rings. The summed E-state index contributed by atoms with van der Waals surface area (Å²) < 4.78 is 2.03. The summed E-state index contributed by atoms with van der Waals surface area (Å²) >= 11 is 0.